The van der Waals surface area contributed by atoms with Gasteiger partial charge in [0.25, 0.3) is 5.91 Å². The van der Waals surface area contributed by atoms with Crippen LogP contribution in [0, 0.1) is 5.92 Å². The molecule has 1 aromatic rings. The Kier molecular flexibility index (Phi) is 4.37. The molecular weight excluding hydrogens is 218 g/mol. The SMILES string of the molecule is CCC(C)CN(C)C(=O)c1cccc(O)c1O. The van der Waals surface area contributed by atoms with E-state index in [1.54, 1.807) is 18.0 Å². The van der Waals surface area contributed by atoms with E-state index in [9.17, 15) is 15.0 Å². The third kappa shape index (κ3) is 3.12. The van der Waals surface area contributed by atoms with E-state index in [0.717, 1.165) is 6.42 Å². The van der Waals surface area contributed by atoms with E-state index < -0.39 is 0 Å². The van der Waals surface area contributed by atoms with Crippen LogP contribution in [0.1, 0.15) is 30.6 Å². The summed E-state index contributed by atoms with van der Waals surface area (Å²) in [6.45, 7) is 4.76. The zero-order valence-corrected chi connectivity index (χ0v) is 10.5. The summed E-state index contributed by atoms with van der Waals surface area (Å²) in [6.07, 6.45) is 0.990. The molecule has 1 unspecified atom stereocenters. The molecule has 1 atom stereocenters. The number of aromatic hydroxyl groups is 2. The molecule has 0 heterocycles. The van der Waals surface area contributed by atoms with Crippen LogP contribution < -0.4 is 0 Å². The lowest BCUT2D eigenvalue weighted by molar-refractivity contribution is 0.0771. The predicted octanol–water partition coefficient (Wildman–Crippen LogP) is 2.22. The summed E-state index contributed by atoms with van der Waals surface area (Å²) in [5, 5.41) is 18.9. The van der Waals surface area contributed by atoms with Gasteiger partial charge in [0.1, 0.15) is 0 Å². The molecule has 0 bridgehead atoms. The maximum Gasteiger partial charge on any atom is 0.257 e. The van der Waals surface area contributed by atoms with Crippen LogP contribution in [0.3, 0.4) is 0 Å². The predicted molar refractivity (Wildman–Crippen MR) is 66.2 cm³/mol. The van der Waals surface area contributed by atoms with Crippen molar-refractivity contribution in [2.75, 3.05) is 13.6 Å². The van der Waals surface area contributed by atoms with Gasteiger partial charge in [-0.3, -0.25) is 4.79 Å². The highest BCUT2D eigenvalue weighted by Gasteiger charge is 2.18. The highest BCUT2D eigenvalue weighted by atomic mass is 16.3. The van der Waals surface area contributed by atoms with Crippen molar-refractivity contribution >= 4 is 5.91 Å². The Balaban J connectivity index is 2.85. The molecule has 4 heteroatoms. The Morgan fingerprint density at radius 1 is 1.41 bits per heavy atom. The first-order chi connectivity index (χ1) is 7.97. The van der Waals surface area contributed by atoms with Gasteiger partial charge >= 0.3 is 0 Å². The molecule has 1 amide bonds. The summed E-state index contributed by atoms with van der Waals surface area (Å²) in [5.41, 5.74) is 0.135. The maximum absolute atomic E-state index is 12.0. The fraction of sp³-hybridized carbons (Fsp3) is 0.462. The molecule has 1 aromatic carbocycles. The molecule has 0 aliphatic heterocycles. The van der Waals surface area contributed by atoms with E-state index in [4.69, 9.17) is 0 Å². The molecule has 0 aliphatic carbocycles. The number of benzene rings is 1. The van der Waals surface area contributed by atoms with Crippen LogP contribution in [0.5, 0.6) is 11.5 Å². The smallest absolute Gasteiger partial charge is 0.257 e. The molecule has 0 aliphatic rings. The van der Waals surface area contributed by atoms with Crippen molar-refractivity contribution in [3.05, 3.63) is 23.8 Å². The van der Waals surface area contributed by atoms with Crippen molar-refractivity contribution in [3.63, 3.8) is 0 Å². The molecule has 17 heavy (non-hydrogen) atoms. The molecule has 4 nitrogen and oxygen atoms in total. The number of carbonyl (C=O) groups is 1. The molecule has 0 saturated heterocycles. The Hall–Kier alpha value is -1.71. The lowest BCUT2D eigenvalue weighted by Gasteiger charge is -2.21. The molecule has 0 saturated carbocycles. The van der Waals surface area contributed by atoms with Crippen LogP contribution in [-0.4, -0.2) is 34.6 Å². The average Bonchev–Trinajstić information content (AvgIpc) is 2.31. The van der Waals surface area contributed by atoms with Crippen LogP contribution in [0.25, 0.3) is 0 Å². The summed E-state index contributed by atoms with van der Waals surface area (Å²) in [4.78, 5) is 13.6. The molecule has 1 rings (SSSR count). The summed E-state index contributed by atoms with van der Waals surface area (Å²) < 4.78 is 0. The van der Waals surface area contributed by atoms with Crippen LogP contribution >= 0.6 is 0 Å². The first kappa shape index (κ1) is 13.4. The van der Waals surface area contributed by atoms with Gasteiger partial charge in [0, 0.05) is 13.6 Å². The summed E-state index contributed by atoms with van der Waals surface area (Å²) >= 11 is 0. The molecule has 0 aromatic heterocycles. The minimum absolute atomic E-state index is 0.135. The van der Waals surface area contributed by atoms with Gasteiger partial charge < -0.3 is 15.1 Å². The van der Waals surface area contributed by atoms with E-state index in [2.05, 4.69) is 13.8 Å². The zero-order chi connectivity index (χ0) is 13.0. The molecule has 0 fully saturated rings. The van der Waals surface area contributed by atoms with Crippen LogP contribution in [0.15, 0.2) is 18.2 Å². The minimum atomic E-state index is -0.353. The first-order valence-electron chi connectivity index (χ1n) is 5.73. The highest BCUT2D eigenvalue weighted by molar-refractivity contribution is 5.97. The van der Waals surface area contributed by atoms with Crippen molar-refractivity contribution in [2.45, 2.75) is 20.3 Å². The minimum Gasteiger partial charge on any atom is -0.504 e. The fourth-order valence-electron chi connectivity index (χ4n) is 1.59. The van der Waals surface area contributed by atoms with E-state index in [0.29, 0.717) is 12.5 Å². The molecule has 0 spiro atoms. The fourth-order valence-corrected chi connectivity index (χ4v) is 1.59. The van der Waals surface area contributed by atoms with E-state index in [1.807, 2.05) is 0 Å². The van der Waals surface area contributed by atoms with Crippen molar-refractivity contribution in [3.8, 4) is 11.5 Å². The van der Waals surface area contributed by atoms with Crippen molar-refractivity contribution in [2.24, 2.45) is 5.92 Å². The van der Waals surface area contributed by atoms with Crippen LogP contribution in [0.2, 0.25) is 0 Å². The largest absolute Gasteiger partial charge is 0.504 e. The second-order valence-electron chi connectivity index (χ2n) is 4.37. The summed E-state index contributed by atoms with van der Waals surface area (Å²) in [6, 6.07) is 4.39. The van der Waals surface area contributed by atoms with Crippen molar-refractivity contribution in [1.82, 2.24) is 4.90 Å². The van der Waals surface area contributed by atoms with Crippen molar-refractivity contribution in [1.29, 1.82) is 0 Å². The van der Waals surface area contributed by atoms with E-state index in [-0.39, 0.29) is 23.0 Å². The monoisotopic (exact) mass is 237 g/mol. The molecule has 94 valence electrons. The van der Waals surface area contributed by atoms with Gasteiger partial charge in [-0.1, -0.05) is 26.3 Å². The number of rotatable bonds is 4. The number of para-hydroxylation sites is 1. The Labute approximate surface area is 101 Å². The van der Waals surface area contributed by atoms with Crippen LogP contribution in [0.4, 0.5) is 0 Å². The lowest BCUT2D eigenvalue weighted by atomic mass is 10.1. The third-order valence-electron chi connectivity index (χ3n) is 2.87. The number of phenols is 2. The van der Waals surface area contributed by atoms with Gasteiger partial charge in [-0.15, -0.1) is 0 Å². The number of hydrogen-bond acceptors (Lipinski definition) is 3. The Morgan fingerprint density at radius 3 is 2.65 bits per heavy atom. The first-order valence-corrected chi connectivity index (χ1v) is 5.73. The number of nitrogens with zero attached hydrogens (tertiary/aromatic N) is 1. The second kappa shape index (κ2) is 5.57. The van der Waals surface area contributed by atoms with E-state index in [1.165, 1.54) is 12.1 Å². The van der Waals surface area contributed by atoms with Gasteiger partial charge in [0.05, 0.1) is 5.56 Å². The maximum atomic E-state index is 12.0. The molecule has 0 radical (unpaired) electrons. The van der Waals surface area contributed by atoms with Gasteiger partial charge in [-0.2, -0.15) is 0 Å². The zero-order valence-electron chi connectivity index (χ0n) is 10.5. The topological polar surface area (TPSA) is 60.8 Å². The second-order valence-corrected chi connectivity index (χ2v) is 4.37. The Bertz CT molecular complexity index is 404. The highest BCUT2D eigenvalue weighted by Crippen LogP contribution is 2.29. The molecular formula is C13H19NO3. The number of phenolic OH excluding ortho intramolecular Hbond substituents is 2. The average molecular weight is 237 g/mol. The number of hydrogen-bond donors (Lipinski definition) is 2. The lowest BCUT2D eigenvalue weighted by Crippen LogP contribution is -2.30. The van der Waals surface area contributed by atoms with E-state index >= 15 is 0 Å². The summed E-state index contributed by atoms with van der Waals surface area (Å²) in [7, 11) is 1.69. The van der Waals surface area contributed by atoms with Crippen LogP contribution in [-0.2, 0) is 0 Å². The van der Waals surface area contributed by atoms with Gasteiger partial charge in [0.2, 0.25) is 0 Å². The molecule has 2 N–H and O–H groups in total. The Morgan fingerprint density at radius 2 is 2.06 bits per heavy atom. The standard InChI is InChI=1S/C13H19NO3/c1-4-9(2)8-14(3)13(17)10-6-5-7-11(15)12(10)16/h5-7,9,15-16H,4,8H2,1-3H3. The quantitative estimate of drug-likeness (QED) is 0.789. The van der Waals surface area contributed by atoms with Gasteiger partial charge in [0.15, 0.2) is 11.5 Å². The third-order valence-corrected chi connectivity index (χ3v) is 2.87. The van der Waals surface area contributed by atoms with Gasteiger partial charge in [-0.05, 0) is 18.1 Å². The van der Waals surface area contributed by atoms with Crippen molar-refractivity contribution < 1.29 is 15.0 Å². The number of amides is 1. The summed E-state index contributed by atoms with van der Waals surface area (Å²) in [5.74, 6) is -0.497. The van der Waals surface area contributed by atoms with Gasteiger partial charge in [-0.25, -0.2) is 0 Å². The normalized spacial score (nSPS) is 12.2. The number of carbonyl (C=O) groups excluding carboxylic acids is 1.